The van der Waals surface area contributed by atoms with Crippen LogP contribution < -0.4 is 0 Å². The van der Waals surface area contributed by atoms with Crippen molar-refractivity contribution in [2.45, 2.75) is 50.5 Å². The minimum atomic E-state index is -1.08. The van der Waals surface area contributed by atoms with E-state index in [2.05, 4.69) is 0 Å². The van der Waals surface area contributed by atoms with Crippen molar-refractivity contribution in [3.63, 3.8) is 0 Å². The fraction of sp³-hybridized carbons (Fsp3) is 0.714. The van der Waals surface area contributed by atoms with Crippen LogP contribution in [0.4, 0.5) is 4.79 Å². The molecule has 3 amide bonds. The third kappa shape index (κ3) is 2.90. The van der Waals surface area contributed by atoms with Gasteiger partial charge in [0.25, 0.3) is 5.91 Å². The summed E-state index contributed by atoms with van der Waals surface area (Å²) in [4.78, 5) is 49.0. The lowest BCUT2D eigenvalue weighted by Gasteiger charge is -2.38. The first kappa shape index (κ1) is 16.3. The van der Waals surface area contributed by atoms with Crippen molar-refractivity contribution in [3.05, 3.63) is 0 Å². The molecule has 122 valence electrons. The number of carbonyl (C=O) groups is 4. The van der Waals surface area contributed by atoms with Crippen molar-refractivity contribution in [2.75, 3.05) is 13.1 Å². The quantitative estimate of drug-likeness (QED) is 0.704. The lowest BCUT2D eigenvalue weighted by Crippen LogP contribution is -2.51. The fourth-order valence-electron chi connectivity index (χ4n) is 3.32. The number of rotatable bonds is 6. The zero-order valence-electron chi connectivity index (χ0n) is 12.3. The Hall–Kier alpha value is -2.12. The Labute approximate surface area is 127 Å². The Morgan fingerprint density at radius 1 is 0.955 bits per heavy atom. The molecule has 2 fully saturated rings. The lowest BCUT2D eigenvalue weighted by molar-refractivity contribution is -0.140. The molecule has 1 spiro atoms. The summed E-state index contributed by atoms with van der Waals surface area (Å²) in [5.41, 5.74) is -0.969. The van der Waals surface area contributed by atoms with Gasteiger partial charge in [0.1, 0.15) is 5.54 Å². The van der Waals surface area contributed by atoms with E-state index in [0.717, 1.165) is 24.2 Å². The van der Waals surface area contributed by atoms with E-state index >= 15 is 0 Å². The van der Waals surface area contributed by atoms with E-state index in [0.29, 0.717) is 12.8 Å². The van der Waals surface area contributed by atoms with Crippen molar-refractivity contribution < 1.29 is 29.4 Å². The van der Waals surface area contributed by atoms with Gasteiger partial charge in [0.2, 0.25) is 0 Å². The van der Waals surface area contributed by atoms with Crippen LogP contribution in [-0.4, -0.2) is 62.5 Å². The predicted molar refractivity (Wildman–Crippen MR) is 74.1 cm³/mol. The number of carboxylic acid groups (broad SMARTS) is 2. The van der Waals surface area contributed by atoms with Gasteiger partial charge in [-0.2, -0.15) is 0 Å². The molecule has 0 atom stereocenters. The van der Waals surface area contributed by atoms with Gasteiger partial charge >= 0.3 is 18.0 Å². The largest absolute Gasteiger partial charge is 0.481 e. The van der Waals surface area contributed by atoms with Crippen molar-refractivity contribution in [1.29, 1.82) is 0 Å². The van der Waals surface area contributed by atoms with Crippen LogP contribution in [0.2, 0.25) is 0 Å². The van der Waals surface area contributed by atoms with Crippen molar-refractivity contribution >= 4 is 23.9 Å². The Morgan fingerprint density at radius 2 is 1.50 bits per heavy atom. The van der Waals surface area contributed by atoms with E-state index in [1.54, 1.807) is 0 Å². The number of amides is 3. The smallest absolute Gasteiger partial charge is 0.327 e. The molecule has 0 unspecified atom stereocenters. The summed E-state index contributed by atoms with van der Waals surface area (Å²) >= 11 is 0. The molecule has 8 heteroatoms. The molecule has 8 nitrogen and oxygen atoms in total. The Morgan fingerprint density at radius 3 is 2.05 bits per heavy atom. The Kier molecular flexibility index (Phi) is 4.68. The van der Waals surface area contributed by atoms with Crippen LogP contribution in [0.15, 0.2) is 0 Å². The number of carbonyl (C=O) groups excluding carboxylic acids is 2. The average molecular weight is 312 g/mol. The molecule has 1 saturated carbocycles. The molecule has 22 heavy (non-hydrogen) atoms. The first-order chi connectivity index (χ1) is 10.4. The zero-order chi connectivity index (χ0) is 16.3. The monoisotopic (exact) mass is 312 g/mol. The molecule has 0 aromatic carbocycles. The fourth-order valence-corrected chi connectivity index (χ4v) is 3.32. The number of carboxylic acids is 2. The van der Waals surface area contributed by atoms with Gasteiger partial charge in [0, 0.05) is 13.1 Å². The molecule has 1 saturated heterocycles. The number of urea groups is 1. The average Bonchev–Trinajstić information content (AvgIpc) is 2.64. The molecule has 1 aliphatic heterocycles. The molecule has 0 aromatic heterocycles. The van der Waals surface area contributed by atoms with E-state index in [1.165, 1.54) is 4.90 Å². The highest BCUT2D eigenvalue weighted by atomic mass is 16.4. The van der Waals surface area contributed by atoms with Crippen LogP contribution in [0.1, 0.15) is 44.9 Å². The number of imide groups is 1. The SMILES string of the molecule is O=C(O)CCN1C(=O)N(CCC(=O)O)C2(CCCCC2)C1=O. The Balaban J connectivity index is 2.23. The Bertz CT molecular complexity index is 498. The first-order valence-corrected chi connectivity index (χ1v) is 7.45. The van der Waals surface area contributed by atoms with Crippen molar-refractivity contribution in [2.24, 2.45) is 0 Å². The second-order valence-electron chi connectivity index (χ2n) is 5.77. The second kappa shape index (κ2) is 6.33. The van der Waals surface area contributed by atoms with Gasteiger partial charge < -0.3 is 15.1 Å². The summed E-state index contributed by atoms with van der Waals surface area (Å²) in [7, 11) is 0. The van der Waals surface area contributed by atoms with E-state index in [9.17, 15) is 19.2 Å². The van der Waals surface area contributed by atoms with E-state index in [4.69, 9.17) is 10.2 Å². The maximum absolute atomic E-state index is 12.7. The molecule has 2 rings (SSSR count). The number of hydrogen-bond donors (Lipinski definition) is 2. The normalized spacial score (nSPS) is 20.7. The van der Waals surface area contributed by atoms with Crippen LogP contribution in [-0.2, 0) is 14.4 Å². The van der Waals surface area contributed by atoms with E-state index in [-0.39, 0.29) is 31.8 Å². The van der Waals surface area contributed by atoms with Gasteiger partial charge in [-0.15, -0.1) is 0 Å². The molecular weight excluding hydrogens is 292 g/mol. The van der Waals surface area contributed by atoms with E-state index in [1.807, 2.05) is 0 Å². The highest BCUT2D eigenvalue weighted by molar-refractivity contribution is 6.07. The second-order valence-corrected chi connectivity index (χ2v) is 5.77. The summed E-state index contributed by atoms with van der Waals surface area (Å²) in [6.07, 6.45) is 3.07. The van der Waals surface area contributed by atoms with Gasteiger partial charge in [-0.05, 0) is 12.8 Å². The molecule has 0 bridgehead atoms. The van der Waals surface area contributed by atoms with Gasteiger partial charge in [0.05, 0.1) is 12.8 Å². The van der Waals surface area contributed by atoms with Gasteiger partial charge in [-0.1, -0.05) is 19.3 Å². The van der Waals surface area contributed by atoms with Crippen LogP contribution in [0.3, 0.4) is 0 Å². The highest BCUT2D eigenvalue weighted by Crippen LogP contribution is 2.40. The number of nitrogens with zero attached hydrogens (tertiary/aromatic N) is 2. The van der Waals surface area contributed by atoms with Crippen LogP contribution in [0.25, 0.3) is 0 Å². The van der Waals surface area contributed by atoms with Gasteiger partial charge in [-0.25, -0.2) is 4.79 Å². The molecule has 0 radical (unpaired) electrons. The third-order valence-corrected chi connectivity index (χ3v) is 4.40. The molecule has 1 aliphatic carbocycles. The summed E-state index contributed by atoms with van der Waals surface area (Å²) in [6.45, 7) is -0.193. The van der Waals surface area contributed by atoms with Crippen molar-refractivity contribution in [3.8, 4) is 0 Å². The molecule has 0 aromatic rings. The molecule has 1 heterocycles. The van der Waals surface area contributed by atoms with Crippen LogP contribution in [0.5, 0.6) is 0 Å². The summed E-state index contributed by atoms with van der Waals surface area (Å²) in [5.74, 6) is -2.48. The standard InChI is InChI=1S/C14H20N2O6/c17-10(18)4-8-15-12(21)14(6-2-1-3-7-14)16(13(15)22)9-5-11(19)20/h1-9H2,(H,17,18)(H,19,20). The maximum atomic E-state index is 12.7. The lowest BCUT2D eigenvalue weighted by atomic mass is 9.80. The first-order valence-electron chi connectivity index (χ1n) is 7.45. The number of hydrogen-bond acceptors (Lipinski definition) is 4. The molecule has 2 aliphatic rings. The minimum Gasteiger partial charge on any atom is -0.481 e. The minimum absolute atomic E-state index is 0.0243. The van der Waals surface area contributed by atoms with E-state index < -0.39 is 23.5 Å². The predicted octanol–water partition coefficient (Wildman–Crippen LogP) is 0.903. The van der Waals surface area contributed by atoms with Crippen LogP contribution >= 0.6 is 0 Å². The molecular formula is C14H20N2O6. The van der Waals surface area contributed by atoms with Crippen LogP contribution in [0, 0.1) is 0 Å². The third-order valence-electron chi connectivity index (χ3n) is 4.40. The summed E-state index contributed by atoms with van der Waals surface area (Å²) < 4.78 is 0. The topological polar surface area (TPSA) is 115 Å². The van der Waals surface area contributed by atoms with Gasteiger partial charge in [0.15, 0.2) is 0 Å². The maximum Gasteiger partial charge on any atom is 0.327 e. The van der Waals surface area contributed by atoms with Gasteiger partial charge in [-0.3, -0.25) is 19.3 Å². The summed E-state index contributed by atoms with van der Waals surface area (Å²) in [5, 5.41) is 17.6. The summed E-state index contributed by atoms with van der Waals surface area (Å²) in [6, 6.07) is -0.561. The highest BCUT2D eigenvalue weighted by Gasteiger charge is 2.56. The zero-order valence-corrected chi connectivity index (χ0v) is 12.3. The number of aliphatic carboxylic acids is 2. The molecule has 2 N–H and O–H groups in total. The van der Waals surface area contributed by atoms with Crippen molar-refractivity contribution in [1.82, 2.24) is 9.80 Å².